The minimum Gasteiger partial charge on any atom is -0.494 e. The zero-order valence-electron chi connectivity index (χ0n) is 19.2. The Morgan fingerprint density at radius 2 is 1.57 bits per heavy atom. The second-order valence-corrected chi connectivity index (χ2v) is 7.88. The summed E-state index contributed by atoms with van der Waals surface area (Å²) >= 11 is 0. The summed E-state index contributed by atoms with van der Waals surface area (Å²) in [4.78, 5) is 24.5. The molecule has 3 N–H and O–H groups in total. The molecule has 7 nitrogen and oxygen atoms in total. The third-order valence-electron chi connectivity index (χ3n) is 5.18. The first-order valence-corrected chi connectivity index (χ1v) is 11.4. The molecular formula is C28H27N3O4. The van der Waals surface area contributed by atoms with Crippen molar-refractivity contribution in [2.45, 2.75) is 12.8 Å². The molecule has 0 saturated carbocycles. The van der Waals surface area contributed by atoms with E-state index in [9.17, 15) is 9.59 Å². The molecule has 0 aliphatic rings. The second kappa shape index (κ2) is 12.1. The SMILES string of the molecule is O=C(CNc1cccc(NC(=O)c2ccco2)c1)Nc1ccc(OCCCc2ccccc2)cc1. The maximum absolute atomic E-state index is 12.3. The lowest BCUT2D eigenvalue weighted by atomic mass is 10.1. The highest BCUT2D eigenvalue weighted by molar-refractivity contribution is 6.02. The minimum atomic E-state index is -0.339. The molecule has 178 valence electrons. The summed E-state index contributed by atoms with van der Waals surface area (Å²) in [5, 5.41) is 8.67. The molecule has 0 saturated heterocycles. The van der Waals surface area contributed by atoms with Crippen LogP contribution in [-0.4, -0.2) is 25.0 Å². The van der Waals surface area contributed by atoms with Crippen LogP contribution in [0, 0.1) is 0 Å². The molecule has 7 heteroatoms. The van der Waals surface area contributed by atoms with Gasteiger partial charge in [-0.2, -0.15) is 0 Å². The van der Waals surface area contributed by atoms with Gasteiger partial charge in [-0.15, -0.1) is 0 Å². The number of nitrogens with one attached hydrogen (secondary N) is 3. The van der Waals surface area contributed by atoms with Crippen molar-refractivity contribution in [3.05, 3.63) is 109 Å². The van der Waals surface area contributed by atoms with E-state index < -0.39 is 0 Å². The van der Waals surface area contributed by atoms with Gasteiger partial charge in [0.25, 0.3) is 5.91 Å². The van der Waals surface area contributed by atoms with E-state index in [1.165, 1.54) is 11.8 Å². The van der Waals surface area contributed by atoms with Crippen LogP contribution in [0.15, 0.2) is 102 Å². The zero-order chi connectivity index (χ0) is 24.3. The number of carbonyl (C=O) groups is 2. The molecule has 35 heavy (non-hydrogen) atoms. The number of rotatable bonds is 11. The molecule has 3 aromatic carbocycles. The maximum Gasteiger partial charge on any atom is 0.291 e. The Labute approximate surface area is 204 Å². The van der Waals surface area contributed by atoms with Crippen molar-refractivity contribution in [2.24, 2.45) is 0 Å². The molecule has 0 bridgehead atoms. The number of anilines is 3. The smallest absolute Gasteiger partial charge is 0.291 e. The number of ether oxygens (including phenoxy) is 1. The molecule has 0 fully saturated rings. The molecule has 0 unspecified atom stereocenters. The van der Waals surface area contributed by atoms with Crippen LogP contribution in [0.25, 0.3) is 0 Å². The van der Waals surface area contributed by atoms with Crippen LogP contribution in [-0.2, 0) is 11.2 Å². The van der Waals surface area contributed by atoms with Gasteiger partial charge in [0.15, 0.2) is 5.76 Å². The first-order chi connectivity index (χ1) is 17.2. The summed E-state index contributed by atoms with van der Waals surface area (Å²) < 4.78 is 10.9. The summed E-state index contributed by atoms with van der Waals surface area (Å²) in [6, 6.07) is 28.0. The fraction of sp³-hybridized carbons (Fsp3) is 0.143. The average molecular weight is 470 g/mol. The third-order valence-corrected chi connectivity index (χ3v) is 5.18. The minimum absolute atomic E-state index is 0.0767. The molecule has 1 heterocycles. The van der Waals surface area contributed by atoms with Crippen molar-refractivity contribution in [3.63, 3.8) is 0 Å². The van der Waals surface area contributed by atoms with E-state index >= 15 is 0 Å². The van der Waals surface area contributed by atoms with Crippen LogP contribution in [0.2, 0.25) is 0 Å². The topological polar surface area (TPSA) is 92.6 Å². The van der Waals surface area contributed by atoms with Gasteiger partial charge in [-0.25, -0.2) is 0 Å². The molecule has 4 aromatic rings. The van der Waals surface area contributed by atoms with Crippen molar-refractivity contribution in [3.8, 4) is 5.75 Å². The number of benzene rings is 3. The first kappa shape index (κ1) is 23.6. The van der Waals surface area contributed by atoms with E-state index in [2.05, 4.69) is 28.1 Å². The van der Waals surface area contributed by atoms with Gasteiger partial charge >= 0.3 is 0 Å². The third kappa shape index (κ3) is 7.50. The Bertz CT molecular complexity index is 1220. The molecule has 4 rings (SSSR count). The number of furan rings is 1. The lowest BCUT2D eigenvalue weighted by Gasteiger charge is -2.11. The number of aryl methyl sites for hydroxylation is 1. The van der Waals surface area contributed by atoms with Gasteiger partial charge in [0.1, 0.15) is 5.75 Å². The summed E-state index contributed by atoms with van der Waals surface area (Å²) in [5.41, 5.74) is 3.29. The van der Waals surface area contributed by atoms with E-state index in [0.717, 1.165) is 18.6 Å². The second-order valence-electron chi connectivity index (χ2n) is 7.88. The van der Waals surface area contributed by atoms with Gasteiger partial charge in [0.2, 0.25) is 5.91 Å². The normalized spacial score (nSPS) is 10.4. The number of hydrogen-bond donors (Lipinski definition) is 3. The molecular weight excluding hydrogens is 442 g/mol. The Balaban J connectivity index is 1.18. The summed E-state index contributed by atoms with van der Waals surface area (Å²) in [7, 11) is 0. The van der Waals surface area contributed by atoms with Gasteiger partial charge in [-0.3, -0.25) is 9.59 Å². The molecule has 2 amide bonds. The van der Waals surface area contributed by atoms with Crippen molar-refractivity contribution in [1.29, 1.82) is 0 Å². The Morgan fingerprint density at radius 3 is 2.34 bits per heavy atom. The zero-order valence-corrected chi connectivity index (χ0v) is 19.2. The number of carbonyl (C=O) groups excluding carboxylic acids is 2. The van der Waals surface area contributed by atoms with Gasteiger partial charge in [-0.05, 0) is 73.0 Å². The van der Waals surface area contributed by atoms with Crippen LogP contribution >= 0.6 is 0 Å². The van der Waals surface area contributed by atoms with Gasteiger partial charge in [0, 0.05) is 17.1 Å². The molecule has 1 aromatic heterocycles. The lowest BCUT2D eigenvalue weighted by molar-refractivity contribution is -0.114. The number of amides is 2. The summed E-state index contributed by atoms with van der Waals surface area (Å²) in [6.45, 7) is 0.707. The van der Waals surface area contributed by atoms with E-state index in [4.69, 9.17) is 9.15 Å². The van der Waals surface area contributed by atoms with Crippen molar-refractivity contribution >= 4 is 28.9 Å². The van der Waals surface area contributed by atoms with Gasteiger partial charge in [-0.1, -0.05) is 36.4 Å². The predicted octanol–water partition coefficient (Wildman–Crippen LogP) is 5.59. The van der Waals surface area contributed by atoms with E-state index in [0.29, 0.717) is 23.7 Å². The maximum atomic E-state index is 12.3. The van der Waals surface area contributed by atoms with Crippen LogP contribution < -0.4 is 20.7 Å². The Kier molecular flexibility index (Phi) is 8.16. The standard InChI is InChI=1S/C28H27N3O4/c32-27(20-29-23-10-4-11-24(19-23)31-28(33)26-12-6-18-35-26)30-22-13-15-25(16-14-22)34-17-5-9-21-7-2-1-3-8-21/h1-4,6-8,10-16,18-19,29H,5,9,17,20H2,(H,30,32)(H,31,33). The largest absolute Gasteiger partial charge is 0.494 e. The van der Waals surface area contributed by atoms with Crippen LogP contribution in [0.3, 0.4) is 0 Å². The van der Waals surface area contributed by atoms with Crippen LogP contribution in [0.4, 0.5) is 17.1 Å². The molecule has 0 radical (unpaired) electrons. The van der Waals surface area contributed by atoms with Crippen LogP contribution in [0.1, 0.15) is 22.5 Å². The molecule has 0 aliphatic carbocycles. The van der Waals surface area contributed by atoms with Gasteiger partial charge in [0.05, 0.1) is 19.4 Å². The van der Waals surface area contributed by atoms with E-state index in [1.54, 1.807) is 30.3 Å². The van der Waals surface area contributed by atoms with Gasteiger partial charge < -0.3 is 25.1 Å². The molecule has 0 atom stereocenters. The van der Waals surface area contributed by atoms with Crippen LogP contribution in [0.5, 0.6) is 5.75 Å². The fourth-order valence-corrected chi connectivity index (χ4v) is 3.44. The first-order valence-electron chi connectivity index (χ1n) is 11.4. The van der Waals surface area contributed by atoms with Crippen molar-refractivity contribution in [1.82, 2.24) is 0 Å². The van der Waals surface area contributed by atoms with E-state index in [1.807, 2.05) is 48.5 Å². The highest BCUT2D eigenvalue weighted by atomic mass is 16.5. The van der Waals surface area contributed by atoms with Crippen molar-refractivity contribution in [2.75, 3.05) is 29.1 Å². The summed E-state index contributed by atoms with van der Waals surface area (Å²) in [6.07, 6.45) is 3.35. The quantitative estimate of drug-likeness (QED) is 0.249. The predicted molar refractivity (Wildman–Crippen MR) is 137 cm³/mol. The van der Waals surface area contributed by atoms with Crippen molar-refractivity contribution < 1.29 is 18.7 Å². The molecule has 0 spiro atoms. The lowest BCUT2D eigenvalue weighted by Crippen LogP contribution is -2.21. The number of hydrogen-bond acceptors (Lipinski definition) is 5. The van der Waals surface area contributed by atoms with E-state index in [-0.39, 0.29) is 24.1 Å². The highest BCUT2D eigenvalue weighted by Crippen LogP contribution is 2.18. The monoisotopic (exact) mass is 469 g/mol. The highest BCUT2D eigenvalue weighted by Gasteiger charge is 2.09. The summed E-state index contributed by atoms with van der Waals surface area (Å²) in [5.74, 6) is 0.467. The average Bonchev–Trinajstić information content (AvgIpc) is 3.43. The molecule has 0 aliphatic heterocycles. The Morgan fingerprint density at radius 1 is 0.771 bits per heavy atom. The fourth-order valence-electron chi connectivity index (χ4n) is 3.44. The Hall–Kier alpha value is -4.52.